The average Bonchev–Trinajstić information content (AvgIpc) is 2.30. The highest BCUT2D eigenvalue weighted by atomic mass is 19.1. The molecule has 5 heteroatoms. The maximum Gasteiger partial charge on any atom is 0.325 e. The fourth-order valence-electron chi connectivity index (χ4n) is 2.34. The van der Waals surface area contributed by atoms with Gasteiger partial charge in [0.1, 0.15) is 11.9 Å². The zero-order chi connectivity index (χ0) is 14.0. The number of halogens is 1. The minimum absolute atomic E-state index is 0.291. The van der Waals surface area contributed by atoms with Crippen LogP contribution in [0, 0.1) is 5.82 Å². The fraction of sp³-hybridized carbons (Fsp3) is 0.429. The third-order valence-electron chi connectivity index (χ3n) is 3.76. The van der Waals surface area contributed by atoms with Crippen LogP contribution in [0.4, 0.5) is 4.39 Å². The molecule has 2 rings (SSSR count). The third kappa shape index (κ3) is 2.45. The van der Waals surface area contributed by atoms with Crippen molar-refractivity contribution in [3.8, 4) is 0 Å². The second kappa shape index (κ2) is 4.99. The molecule has 0 saturated heterocycles. The van der Waals surface area contributed by atoms with Gasteiger partial charge in [-0.3, -0.25) is 9.59 Å². The van der Waals surface area contributed by atoms with Gasteiger partial charge in [-0.05, 0) is 37.5 Å². The van der Waals surface area contributed by atoms with E-state index < -0.39 is 17.4 Å². The van der Waals surface area contributed by atoms with Crippen LogP contribution in [-0.2, 0) is 15.0 Å². The lowest BCUT2D eigenvalue weighted by Crippen LogP contribution is -2.53. The van der Waals surface area contributed by atoms with Gasteiger partial charge in [0.2, 0.25) is 5.91 Å². The van der Waals surface area contributed by atoms with Crippen LogP contribution in [-0.4, -0.2) is 23.0 Å². The number of amides is 1. The van der Waals surface area contributed by atoms with Crippen molar-refractivity contribution in [1.82, 2.24) is 5.32 Å². The van der Waals surface area contributed by atoms with Crippen LogP contribution in [0.1, 0.15) is 31.7 Å². The monoisotopic (exact) mass is 265 g/mol. The maximum absolute atomic E-state index is 12.9. The Kier molecular flexibility index (Phi) is 3.55. The molecule has 4 nitrogen and oxygen atoms in total. The Hall–Kier alpha value is -1.91. The Bertz CT molecular complexity index is 494. The largest absolute Gasteiger partial charge is 0.480 e. The second-order valence-corrected chi connectivity index (χ2v) is 4.98. The zero-order valence-corrected chi connectivity index (χ0v) is 10.6. The average molecular weight is 265 g/mol. The molecule has 1 aliphatic rings. The molecule has 0 aliphatic heterocycles. The molecule has 102 valence electrons. The highest BCUT2D eigenvalue weighted by Crippen LogP contribution is 2.44. The zero-order valence-electron chi connectivity index (χ0n) is 10.6. The van der Waals surface area contributed by atoms with Crippen LogP contribution in [0.5, 0.6) is 0 Å². The van der Waals surface area contributed by atoms with Crippen molar-refractivity contribution in [2.75, 3.05) is 0 Å². The van der Waals surface area contributed by atoms with Crippen molar-refractivity contribution in [3.05, 3.63) is 35.6 Å². The molecule has 0 spiro atoms. The van der Waals surface area contributed by atoms with E-state index in [1.807, 2.05) is 0 Å². The Labute approximate surface area is 110 Å². The molecule has 1 saturated carbocycles. The minimum Gasteiger partial charge on any atom is -0.480 e. The molecular formula is C14H16FNO3. The standard InChI is InChI=1S/C14H16FNO3/c1-9(12(17)18)16-13(19)14(7-2-8-14)10-3-5-11(15)6-4-10/h3-6,9H,2,7-8H2,1H3,(H,16,19)(H,17,18). The second-order valence-electron chi connectivity index (χ2n) is 4.98. The maximum atomic E-state index is 12.9. The summed E-state index contributed by atoms with van der Waals surface area (Å²) in [4.78, 5) is 23.1. The van der Waals surface area contributed by atoms with E-state index in [-0.39, 0.29) is 11.7 Å². The van der Waals surface area contributed by atoms with Gasteiger partial charge in [-0.25, -0.2) is 4.39 Å². The SMILES string of the molecule is CC(NC(=O)C1(c2ccc(F)cc2)CCC1)C(=O)O. The van der Waals surface area contributed by atoms with Crippen molar-refractivity contribution in [2.24, 2.45) is 0 Å². The number of hydrogen-bond donors (Lipinski definition) is 2. The molecule has 1 amide bonds. The Balaban J connectivity index is 2.20. The molecule has 2 N–H and O–H groups in total. The van der Waals surface area contributed by atoms with Crippen LogP contribution in [0.2, 0.25) is 0 Å². The normalized spacial score (nSPS) is 18.2. The lowest BCUT2D eigenvalue weighted by Gasteiger charge is -2.41. The van der Waals surface area contributed by atoms with Crippen molar-refractivity contribution >= 4 is 11.9 Å². The minimum atomic E-state index is -1.07. The van der Waals surface area contributed by atoms with Gasteiger partial charge in [0.15, 0.2) is 0 Å². The van der Waals surface area contributed by atoms with Crippen LogP contribution in [0.15, 0.2) is 24.3 Å². The van der Waals surface area contributed by atoms with E-state index in [0.717, 1.165) is 12.0 Å². The summed E-state index contributed by atoms with van der Waals surface area (Å²) >= 11 is 0. The van der Waals surface area contributed by atoms with Crippen LogP contribution in [0.25, 0.3) is 0 Å². The number of nitrogens with one attached hydrogen (secondary N) is 1. The third-order valence-corrected chi connectivity index (χ3v) is 3.76. The smallest absolute Gasteiger partial charge is 0.325 e. The molecule has 0 aromatic heterocycles. The molecule has 1 unspecified atom stereocenters. The number of carboxylic acid groups (broad SMARTS) is 1. The summed E-state index contributed by atoms with van der Waals surface area (Å²) in [6.45, 7) is 1.43. The molecule has 0 bridgehead atoms. The first-order chi connectivity index (χ1) is 8.95. The summed E-state index contributed by atoms with van der Waals surface area (Å²) in [5.74, 6) is -1.71. The number of carboxylic acids is 1. The van der Waals surface area contributed by atoms with Gasteiger partial charge >= 0.3 is 5.97 Å². The van der Waals surface area contributed by atoms with Crippen molar-refractivity contribution in [1.29, 1.82) is 0 Å². The predicted molar refractivity (Wildman–Crippen MR) is 67.2 cm³/mol. The van der Waals surface area contributed by atoms with Gasteiger partial charge in [-0.1, -0.05) is 18.6 Å². The topological polar surface area (TPSA) is 66.4 Å². The van der Waals surface area contributed by atoms with Crippen LogP contribution in [0.3, 0.4) is 0 Å². The first-order valence-electron chi connectivity index (χ1n) is 6.25. The highest BCUT2D eigenvalue weighted by molar-refractivity contribution is 5.92. The van der Waals surface area contributed by atoms with E-state index in [1.54, 1.807) is 12.1 Å². The summed E-state index contributed by atoms with van der Waals surface area (Å²) in [5.41, 5.74) is 0.0486. The molecule has 1 aromatic carbocycles. The molecule has 0 radical (unpaired) electrons. The Morgan fingerprint density at radius 2 is 1.89 bits per heavy atom. The van der Waals surface area contributed by atoms with Crippen molar-refractivity contribution in [2.45, 2.75) is 37.6 Å². The highest BCUT2D eigenvalue weighted by Gasteiger charge is 2.46. The van der Waals surface area contributed by atoms with Crippen LogP contribution >= 0.6 is 0 Å². The van der Waals surface area contributed by atoms with Gasteiger partial charge in [0, 0.05) is 0 Å². The first kappa shape index (κ1) is 13.5. The summed E-state index contributed by atoms with van der Waals surface area (Å²) in [6.07, 6.45) is 2.24. The number of carbonyl (C=O) groups excluding carboxylic acids is 1. The van der Waals surface area contributed by atoms with Gasteiger partial charge in [0.05, 0.1) is 5.41 Å². The summed E-state index contributed by atoms with van der Waals surface area (Å²) in [5, 5.41) is 11.3. The molecule has 1 atom stereocenters. The predicted octanol–water partition coefficient (Wildman–Crippen LogP) is 1.84. The van der Waals surface area contributed by atoms with E-state index in [2.05, 4.69) is 5.32 Å². The van der Waals surface area contributed by atoms with Crippen LogP contribution < -0.4 is 5.32 Å². The van der Waals surface area contributed by atoms with Gasteiger partial charge in [-0.15, -0.1) is 0 Å². The molecule has 1 aliphatic carbocycles. The quantitative estimate of drug-likeness (QED) is 0.873. The van der Waals surface area contributed by atoms with Gasteiger partial charge < -0.3 is 10.4 Å². The summed E-state index contributed by atoms with van der Waals surface area (Å²) < 4.78 is 12.9. The number of benzene rings is 1. The molecule has 1 fully saturated rings. The molecule has 1 aromatic rings. The number of aliphatic carboxylic acids is 1. The van der Waals surface area contributed by atoms with Crippen molar-refractivity contribution < 1.29 is 19.1 Å². The summed E-state index contributed by atoms with van der Waals surface area (Å²) in [6, 6.07) is 4.91. The molecule has 0 heterocycles. The van der Waals surface area contributed by atoms with E-state index >= 15 is 0 Å². The Morgan fingerprint density at radius 1 is 1.32 bits per heavy atom. The Morgan fingerprint density at radius 3 is 2.32 bits per heavy atom. The molecular weight excluding hydrogens is 249 g/mol. The van der Waals surface area contributed by atoms with Gasteiger partial charge in [0.25, 0.3) is 0 Å². The van der Waals surface area contributed by atoms with E-state index in [9.17, 15) is 14.0 Å². The number of rotatable bonds is 4. The fourth-order valence-corrected chi connectivity index (χ4v) is 2.34. The van der Waals surface area contributed by atoms with Crippen molar-refractivity contribution in [3.63, 3.8) is 0 Å². The van der Waals surface area contributed by atoms with E-state index in [1.165, 1.54) is 19.1 Å². The van der Waals surface area contributed by atoms with E-state index in [4.69, 9.17) is 5.11 Å². The number of carbonyl (C=O) groups is 2. The lowest BCUT2D eigenvalue weighted by atomic mass is 9.63. The van der Waals surface area contributed by atoms with E-state index in [0.29, 0.717) is 12.8 Å². The van der Waals surface area contributed by atoms with Gasteiger partial charge in [-0.2, -0.15) is 0 Å². The summed E-state index contributed by atoms with van der Waals surface area (Å²) in [7, 11) is 0. The number of hydrogen-bond acceptors (Lipinski definition) is 2. The molecule has 19 heavy (non-hydrogen) atoms. The first-order valence-corrected chi connectivity index (χ1v) is 6.25. The lowest BCUT2D eigenvalue weighted by molar-refractivity contribution is -0.143.